The SMILES string of the molecule is O=C(Nc1ccccc1)Nc1ccc(C(=O)N2CCn3nccc3C2)cc1. The van der Waals surface area contributed by atoms with Crippen LogP contribution in [0.4, 0.5) is 16.2 Å². The van der Waals surface area contributed by atoms with Gasteiger partial charge in [-0.05, 0) is 42.5 Å². The quantitative estimate of drug-likeness (QED) is 0.752. The summed E-state index contributed by atoms with van der Waals surface area (Å²) in [5, 5.41) is 9.74. The number of aromatic nitrogens is 2. The van der Waals surface area contributed by atoms with Crippen molar-refractivity contribution in [2.45, 2.75) is 13.1 Å². The third-order valence-corrected chi connectivity index (χ3v) is 4.45. The second-order valence-corrected chi connectivity index (χ2v) is 6.29. The van der Waals surface area contributed by atoms with E-state index >= 15 is 0 Å². The van der Waals surface area contributed by atoms with Gasteiger partial charge in [-0.15, -0.1) is 0 Å². The Morgan fingerprint density at radius 1 is 0.852 bits per heavy atom. The van der Waals surface area contributed by atoms with Crippen LogP contribution in [-0.2, 0) is 13.1 Å². The fraction of sp³-hybridized carbons (Fsp3) is 0.150. The molecule has 1 aliphatic rings. The van der Waals surface area contributed by atoms with Gasteiger partial charge in [-0.1, -0.05) is 18.2 Å². The largest absolute Gasteiger partial charge is 0.331 e. The Labute approximate surface area is 156 Å². The number of amides is 3. The van der Waals surface area contributed by atoms with Crippen LogP contribution in [0.2, 0.25) is 0 Å². The number of urea groups is 1. The van der Waals surface area contributed by atoms with Crippen LogP contribution in [0.1, 0.15) is 16.1 Å². The predicted octanol–water partition coefficient (Wildman–Crippen LogP) is 3.18. The Morgan fingerprint density at radius 2 is 1.56 bits per heavy atom. The molecule has 0 unspecified atom stereocenters. The van der Waals surface area contributed by atoms with Crippen molar-refractivity contribution >= 4 is 23.3 Å². The number of hydrogen-bond donors (Lipinski definition) is 2. The summed E-state index contributed by atoms with van der Waals surface area (Å²) >= 11 is 0. The fourth-order valence-electron chi connectivity index (χ4n) is 3.05. The van der Waals surface area contributed by atoms with Gasteiger partial charge in [-0.3, -0.25) is 9.48 Å². The van der Waals surface area contributed by atoms with Gasteiger partial charge in [0, 0.05) is 29.7 Å². The van der Waals surface area contributed by atoms with E-state index in [4.69, 9.17) is 0 Å². The lowest BCUT2D eigenvalue weighted by Crippen LogP contribution is -2.38. The molecule has 1 aliphatic heterocycles. The maximum atomic E-state index is 12.7. The third kappa shape index (κ3) is 3.82. The molecule has 0 spiro atoms. The normalized spacial score (nSPS) is 13.0. The van der Waals surface area contributed by atoms with Gasteiger partial charge >= 0.3 is 6.03 Å². The number of nitrogens with zero attached hydrogens (tertiary/aromatic N) is 3. The summed E-state index contributed by atoms with van der Waals surface area (Å²) < 4.78 is 1.92. The van der Waals surface area contributed by atoms with E-state index in [1.54, 1.807) is 30.5 Å². The van der Waals surface area contributed by atoms with E-state index in [1.807, 2.05) is 46.0 Å². The highest BCUT2D eigenvalue weighted by molar-refractivity contribution is 6.00. The van der Waals surface area contributed by atoms with Crippen molar-refractivity contribution in [1.82, 2.24) is 14.7 Å². The number of carbonyl (C=O) groups excluding carboxylic acids is 2. The van der Waals surface area contributed by atoms with Crippen molar-refractivity contribution < 1.29 is 9.59 Å². The number of nitrogens with one attached hydrogen (secondary N) is 2. The fourth-order valence-corrected chi connectivity index (χ4v) is 3.05. The summed E-state index contributed by atoms with van der Waals surface area (Å²) in [6.45, 7) is 1.89. The Bertz CT molecular complexity index is 950. The van der Waals surface area contributed by atoms with Gasteiger partial charge in [-0.25, -0.2) is 4.79 Å². The van der Waals surface area contributed by atoms with Gasteiger partial charge in [0.2, 0.25) is 0 Å². The average Bonchev–Trinajstić information content (AvgIpc) is 3.16. The minimum Gasteiger partial charge on any atom is -0.331 e. The van der Waals surface area contributed by atoms with Crippen molar-refractivity contribution in [3.05, 3.63) is 78.1 Å². The van der Waals surface area contributed by atoms with Crippen molar-refractivity contribution in [3.63, 3.8) is 0 Å². The lowest BCUT2D eigenvalue weighted by Gasteiger charge is -2.27. The van der Waals surface area contributed by atoms with Crippen molar-refractivity contribution in [2.24, 2.45) is 0 Å². The van der Waals surface area contributed by atoms with E-state index < -0.39 is 0 Å². The van der Waals surface area contributed by atoms with Crippen molar-refractivity contribution in [2.75, 3.05) is 17.2 Å². The van der Waals surface area contributed by atoms with Crippen LogP contribution in [0, 0.1) is 0 Å². The summed E-state index contributed by atoms with van der Waals surface area (Å²) in [5.41, 5.74) is 2.96. The molecule has 2 N–H and O–H groups in total. The smallest absolute Gasteiger partial charge is 0.323 e. The molecule has 4 rings (SSSR count). The summed E-state index contributed by atoms with van der Waals surface area (Å²) in [5.74, 6) is -0.0252. The molecule has 7 nitrogen and oxygen atoms in total. The summed E-state index contributed by atoms with van der Waals surface area (Å²) in [7, 11) is 0. The van der Waals surface area contributed by atoms with Crippen LogP contribution in [0.15, 0.2) is 66.9 Å². The third-order valence-electron chi connectivity index (χ3n) is 4.45. The maximum Gasteiger partial charge on any atom is 0.323 e. The topological polar surface area (TPSA) is 79.3 Å². The first-order valence-electron chi connectivity index (χ1n) is 8.72. The zero-order chi connectivity index (χ0) is 18.6. The van der Waals surface area contributed by atoms with E-state index in [0.717, 1.165) is 5.69 Å². The van der Waals surface area contributed by atoms with Crippen LogP contribution >= 0.6 is 0 Å². The highest BCUT2D eigenvalue weighted by Gasteiger charge is 2.21. The molecule has 3 amide bonds. The van der Waals surface area contributed by atoms with Crippen LogP contribution in [0.25, 0.3) is 0 Å². The number of rotatable bonds is 3. The molecule has 1 aromatic heterocycles. The Balaban J connectivity index is 1.37. The molecule has 0 aliphatic carbocycles. The van der Waals surface area contributed by atoms with Gasteiger partial charge in [0.15, 0.2) is 0 Å². The first-order valence-corrected chi connectivity index (χ1v) is 8.72. The Kier molecular flexibility index (Phi) is 4.57. The molecule has 0 fully saturated rings. The minimum absolute atomic E-state index is 0.0252. The van der Waals surface area contributed by atoms with Crippen molar-refractivity contribution in [3.8, 4) is 0 Å². The number of anilines is 2. The number of carbonyl (C=O) groups is 2. The molecule has 0 bridgehead atoms. The molecule has 2 aromatic carbocycles. The number of benzene rings is 2. The molecule has 0 saturated heterocycles. The number of hydrogen-bond acceptors (Lipinski definition) is 3. The molecule has 2 heterocycles. The second-order valence-electron chi connectivity index (χ2n) is 6.29. The zero-order valence-corrected chi connectivity index (χ0v) is 14.6. The maximum absolute atomic E-state index is 12.7. The van der Waals surface area contributed by atoms with E-state index in [2.05, 4.69) is 15.7 Å². The van der Waals surface area contributed by atoms with Gasteiger partial charge < -0.3 is 15.5 Å². The van der Waals surface area contributed by atoms with Crippen LogP contribution in [0.5, 0.6) is 0 Å². The minimum atomic E-state index is -0.329. The molecule has 3 aromatic rings. The van der Waals surface area contributed by atoms with Crippen LogP contribution < -0.4 is 10.6 Å². The van der Waals surface area contributed by atoms with Gasteiger partial charge in [0.1, 0.15) is 0 Å². The molecule has 0 saturated carbocycles. The van der Waals surface area contributed by atoms with Gasteiger partial charge in [0.25, 0.3) is 5.91 Å². The summed E-state index contributed by atoms with van der Waals surface area (Å²) in [4.78, 5) is 26.5. The van der Waals surface area contributed by atoms with E-state index in [9.17, 15) is 9.59 Å². The predicted molar refractivity (Wildman–Crippen MR) is 102 cm³/mol. The van der Waals surface area contributed by atoms with E-state index in [-0.39, 0.29) is 11.9 Å². The highest BCUT2D eigenvalue weighted by Crippen LogP contribution is 2.17. The average molecular weight is 361 g/mol. The van der Waals surface area contributed by atoms with E-state index in [0.29, 0.717) is 36.6 Å². The first kappa shape index (κ1) is 16.8. The molecular formula is C20H19N5O2. The standard InChI is InChI=1S/C20H19N5O2/c26-19(24-12-13-25-18(14-24)10-11-21-25)15-6-8-17(9-7-15)23-20(27)22-16-4-2-1-3-5-16/h1-11H,12-14H2,(H2,22,23,27). The molecular weight excluding hydrogens is 342 g/mol. The summed E-state index contributed by atoms with van der Waals surface area (Å²) in [6, 6.07) is 17.7. The van der Waals surface area contributed by atoms with Crippen LogP contribution in [0.3, 0.4) is 0 Å². The molecule has 0 atom stereocenters. The number of fused-ring (bicyclic) bond motifs is 1. The molecule has 7 heteroatoms. The van der Waals surface area contributed by atoms with Gasteiger partial charge in [0.05, 0.1) is 18.8 Å². The molecule has 136 valence electrons. The monoisotopic (exact) mass is 361 g/mol. The second kappa shape index (κ2) is 7.33. The van der Waals surface area contributed by atoms with E-state index in [1.165, 1.54) is 0 Å². The Hall–Kier alpha value is -3.61. The lowest BCUT2D eigenvalue weighted by molar-refractivity contribution is 0.0706. The number of para-hydroxylation sites is 1. The van der Waals surface area contributed by atoms with Gasteiger partial charge in [-0.2, -0.15) is 5.10 Å². The molecule has 27 heavy (non-hydrogen) atoms. The molecule has 0 radical (unpaired) electrons. The summed E-state index contributed by atoms with van der Waals surface area (Å²) in [6.07, 6.45) is 1.75. The zero-order valence-electron chi connectivity index (χ0n) is 14.6. The Morgan fingerprint density at radius 3 is 2.30 bits per heavy atom. The van der Waals surface area contributed by atoms with Crippen molar-refractivity contribution in [1.29, 1.82) is 0 Å². The first-order chi connectivity index (χ1) is 13.2. The highest BCUT2D eigenvalue weighted by atomic mass is 16.2. The lowest BCUT2D eigenvalue weighted by atomic mass is 10.1. The van der Waals surface area contributed by atoms with Crippen LogP contribution in [-0.4, -0.2) is 33.2 Å².